The fourth-order valence-corrected chi connectivity index (χ4v) is 1.96. The number of aryl methyl sites for hydroxylation is 1. The summed E-state index contributed by atoms with van der Waals surface area (Å²) in [6.45, 7) is 1.84. The van der Waals surface area contributed by atoms with Crippen LogP contribution in [0.5, 0.6) is 0 Å². The van der Waals surface area contributed by atoms with Gasteiger partial charge < -0.3 is 5.73 Å². The molecule has 0 aliphatic heterocycles. The summed E-state index contributed by atoms with van der Waals surface area (Å²) in [5, 5.41) is 4.37. The second-order valence-electron chi connectivity index (χ2n) is 4.35. The first-order chi connectivity index (χ1) is 9.65. The second-order valence-corrected chi connectivity index (χ2v) is 4.35. The van der Waals surface area contributed by atoms with E-state index in [1.165, 1.54) is 16.8 Å². The first kappa shape index (κ1) is 12.3. The molecule has 2 heterocycles. The van der Waals surface area contributed by atoms with Gasteiger partial charge in [0.2, 0.25) is 0 Å². The molecule has 0 bridgehead atoms. The third-order valence-electron chi connectivity index (χ3n) is 2.92. The molecule has 0 spiro atoms. The number of aromatic nitrogens is 4. The number of halogens is 1. The van der Waals surface area contributed by atoms with Crippen molar-refractivity contribution in [3.05, 3.63) is 54.4 Å². The lowest BCUT2D eigenvalue weighted by atomic mass is 10.2. The van der Waals surface area contributed by atoms with Crippen LogP contribution in [0.3, 0.4) is 0 Å². The number of nitrogens with zero attached hydrogens (tertiary/aromatic N) is 4. The van der Waals surface area contributed by atoms with Crippen LogP contribution >= 0.6 is 0 Å². The molecule has 2 aromatic heterocycles. The minimum Gasteiger partial charge on any atom is -0.396 e. The van der Waals surface area contributed by atoms with Crippen molar-refractivity contribution in [2.24, 2.45) is 0 Å². The Morgan fingerprint density at radius 3 is 2.70 bits per heavy atom. The minimum absolute atomic E-state index is 0.325. The van der Waals surface area contributed by atoms with Gasteiger partial charge in [0.05, 0.1) is 23.3 Å². The third kappa shape index (κ3) is 2.11. The van der Waals surface area contributed by atoms with Crippen LogP contribution in [0.15, 0.2) is 42.9 Å². The van der Waals surface area contributed by atoms with E-state index in [1.54, 1.807) is 30.7 Å². The highest BCUT2D eigenvalue weighted by Gasteiger charge is 2.13. The van der Waals surface area contributed by atoms with E-state index in [0.29, 0.717) is 22.8 Å². The van der Waals surface area contributed by atoms with Gasteiger partial charge in [0, 0.05) is 12.4 Å². The predicted octanol–water partition coefficient (Wildman–Crippen LogP) is 2.36. The SMILES string of the molecule is Cc1nccnc1-c1nn(-c2cccc(F)c2)cc1N. The molecule has 0 saturated heterocycles. The smallest absolute Gasteiger partial charge is 0.136 e. The van der Waals surface area contributed by atoms with Gasteiger partial charge in [-0.3, -0.25) is 9.97 Å². The summed E-state index contributed by atoms with van der Waals surface area (Å²) in [5.74, 6) is -0.325. The standard InChI is InChI=1S/C14H12FN5/c1-9-13(18-6-5-17-9)14-12(16)8-20(19-14)11-4-2-3-10(15)7-11/h2-8H,16H2,1H3. The molecule has 0 atom stereocenters. The Kier molecular flexibility index (Phi) is 2.90. The van der Waals surface area contributed by atoms with Crippen LogP contribution in [0.1, 0.15) is 5.69 Å². The highest BCUT2D eigenvalue weighted by atomic mass is 19.1. The molecule has 0 saturated carbocycles. The zero-order chi connectivity index (χ0) is 14.1. The maximum atomic E-state index is 13.3. The van der Waals surface area contributed by atoms with Crippen LogP contribution in [-0.4, -0.2) is 19.7 Å². The van der Waals surface area contributed by atoms with E-state index >= 15 is 0 Å². The molecule has 3 aromatic rings. The summed E-state index contributed by atoms with van der Waals surface area (Å²) in [4.78, 5) is 8.41. The van der Waals surface area contributed by atoms with Crippen LogP contribution in [0.25, 0.3) is 17.1 Å². The predicted molar refractivity (Wildman–Crippen MR) is 73.7 cm³/mol. The lowest BCUT2D eigenvalue weighted by molar-refractivity contribution is 0.625. The van der Waals surface area contributed by atoms with Crippen molar-refractivity contribution >= 4 is 5.69 Å². The molecule has 0 amide bonds. The molecular weight excluding hydrogens is 257 g/mol. The Hall–Kier alpha value is -2.76. The third-order valence-corrected chi connectivity index (χ3v) is 2.92. The zero-order valence-electron chi connectivity index (χ0n) is 10.8. The largest absolute Gasteiger partial charge is 0.396 e. The van der Waals surface area contributed by atoms with E-state index in [4.69, 9.17) is 5.73 Å². The van der Waals surface area contributed by atoms with Gasteiger partial charge in [-0.2, -0.15) is 5.10 Å². The molecular formula is C14H12FN5. The molecule has 0 fully saturated rings. The number of benzene rings is 1. The maximum absolute atomic E-state index is 13.3. The quantitative estimate of drug-likeness (QED) is 0.775. The molecule has 0 unspecified atom stereocenters. The van der Waals surface area contributed by atoms with Gasteiger partial charge >= 0.3 is 0 Å². The van der Waals surface area contributed by atoms with Crippen molar-refractivity contribution in [2.45, 2.75) is 6.92 Å². The van der Waals surface area contributed by atoms with Crippen molar-refractivity contribution in [1.29, 1.82) is 0 Å². The fourth-order valence-electron chi connectivity index (χ4n) is 1.96. The van der Waals surface area contributed by atoms with Gasteiger partial charge in [0.15, 0.2) is 0 Å². The average Bonchev–Trinajstić information content (AvgIpc) is 2.81. The highest BCUT2D eigenvalue weighted by Crippen LogP contribution is 2.25. The Labute approximate surface area is 114 Å². The molecule has 2 N–H and O–H groups in total. The Bertz CT molecular complexity index is 766. The van der Waals surface area contributed by atoms with Gasteiger partial charge in [0.25, 0.3) is 0 Å². The molecule has 6 heteroatoms. The molecule has 1 aromatic carbocycles. The molecule has 0 radical (unpaired) electrons. The van der Waals surface area contributed by atoms with E-state index in [-0.39, 0.29) is 5.82 Å². The van der Waals surface area contributed by atoms with Gasteiger partial charge in [-0.25, -0.2) is 9.07 Å². The summed E-state index contributed by atoms with van der Waals surface area (Å²) >= 11 is 0. The normalized spacial score (nSPS) is 10.7. The highest BCUT2D eigenvalue weighted by molar-refractivity contribution is 5.70. The topological polar surface area (TPSA) is 69.6 Å². The number of nitrogen functional groups attached to an aromatic ring is 1. The lowest BCUT2D eigenvalue weighted by Gasteiger charge is -2.01. The number of hydrogen-bond donors (Lipinski definition) is 1. The lowest BCUT2D eigenvalue weighted by Crippen LogP contribution is -1.97. The Balaban J connectivity index is 2.10. The van der Waals surface area contributed by atoms with Gasteiger partial charge in [0.1, 0.15) is 17.2 Å². The van der Waals surface area contributed by atoms with Crippen LogP contribution in [0.2, 0.25) is 0 Å². The van der Waals surface area contributed by atoms with E-state index < -0.39 is 0 Å². The fraction of sp³-hybridized carbons (Fsp3) is 0.0714. The van der Waals surface area contributed by atoms with Crippen molar-refractivity contribution in [1.82, 2.24) is 19.7 Å². The van der Waals surface area contributed by atoms with Crippen molar-refractivity contribution in [2.75, 3.05) is 5.73 Å². The number of nitrogens with two attached hydrogens (primary N) is 1. The van der Waals surface area contributed by atoms with Gasteiger partial charge in [-0.05, 0) is 25.1 Å². The van der Waals surface area contributed by atoms with Gasteiger partial charge in [-0.15, -0.1) is 0 Å². The molecule has 20 heavy (non-hydrogen) atoms. The molecule has 5 nitrogen and oxygen atoms in total. The molecule has 3 rings (SSSR count). The van der Waals surface area contributed by atoms with Crippen LogP contribution in [0, 0.1) is 12.7 Å². The summed E-state index contributed by atoms with van der Waals surface area (Å²) in [6, 6.07) is 6.14. The van der Waals surface area contributed by atoms with Crippen LogP contribution in [-0.2, 0) is 0 Å². The zero-order valence-corrected chi connectivity index (χ0v) is 10.8. The van der Waals surface area contributed by atoms with Crippen molar-refractivity contribution in [3.8, 4) is 17.1 Å². The molecule has 0 aliphatic rings. The van der Waals surface area contributed by atoms with Crippen molar-refractivity contribution < 1.29 is 4.39 Å². The van der Waals surface area contributed by atoms with Crippen LogP contribution in [0.4, 0.5) is 10.1 Å². The number of rotatable bonds is 2. The summed E-state index contributed by atoms with van der Waals surface area (Å²) in [5.41, 5.74) is 8.95. The number of hydrogen-bond acceptors (Lipinski definition) is 4. The second kappa shape index (κ2) is 4.73. The van der Waals surface area contributed by atoms with E-state index in [9.17, 15) is 4.39 Å². The summed E-state index contributed by atoms with van der Waals surface area (Å²) in [7, 11) is 0. The van der Waals surface area contributed by atoms with Crippen molar-refractivity contribution in [3.63, 3.8) is 0 Å². The first-order valence-corrected chi connectivity index (χ1v) is 6.04. The summed E-state index contributed by atoms with van der Waals surface area (Å²) in [6.07, 6.45) is 4.83. The van der Waals surface area contributed by atoms with E-state index in [2.05, 4.69) is 15.1 Å². The Morgan fingerprint density at radius 1 is 1.15 bits per heavy atom. The minimum atomic E-state index is -0.325. The monoisotopic (exact) mass is 269 g/mol. The molecule has 100 valence electrons. The molecule has 0 aliphatic carbocycles. The maximum Gasteiger partial charge on any atom is 0.136 e. The number of anilines is 1. The van der Waals surface area contributed by atoms with E-state index in [1.807, 2.05) is 6.92 Å². The van der Waals surface area contributed by atoms with Crippen LogP contribution < -0.4 is 5.73 Å². The average molecular weight is 269 g/mol. The Morgan fingerprint density at radius 2 is 1.95 bits per heavy atom. The first-order valence-electron chi connectivity index (χ1n) is 6.04. The van der Waals surface area contributed by atoms with Gasteiger partial charge in [-0.1, -0.05) is 6.07 Å². The van der Waals surface area contributed by atoms with E-state index in [0.717, 1.165) is 5.69 Å². The summed E-state index contributed by atoms with van der Waals surface area (Å²) < 4.78 is 14.8.